The van der Waals surface area contributed by atoms with Gasteiger partial charge >= 0.3 is 0 Å². The van der Waals surface area contributed by atoms with E-state index in [0.717, 1.165) is 12.8 Å². The number of thioether (sulfide) groups is 1. The predicted octanol–water partition coefficient (Wildman–Crippen LogP) is 3.85. The van der Waals surface area contributed by atoms with Crippen molar-refractivity contribution >= 4 is 17.4 Å². The summed E-state index contributed by atoms with van der Waals surface area (Å²) in [5.41, 5.74) is 10.1. The number of hydrogen-bond acceptors (Lipinski definition) is 3. The van der Waals surface area contributed by atoms with E-state index in [9.17, 15) is 0 Å². The van der Waals surface area contributed by atoms with Crippen molar-refractivity contribution in [3.05, 3.63) is 29.3 Å². The highest BCUT2D eigenvalue weighted by Gasteiger charge is 2.11. The number of aryl methyl sites for hydroxylation is 1. The summed E-state index contributed by atoms with van der Waals surface area (Å²) in [5, 5.41) is 0. The fraction of sp³-hybridized carbons (Fsp3) is 0.647. The molecule has 0 aliphatic heterocycles. The van der Waals surface area contributed by atoms with Crippen molar-refractivity contribution < 1.29 is 0 Å². The second kappa shape index (κ2) is 8.58. The lowest BCUT2D eigenvalue weighted by molar-refractivity contribution is 0.643. The first-order chi connectivity index (χ1) is 9.49. The normalized spacial score (nSPS) is 14.1. The molecular weight excluding hydrogens is 264 g/mol. The van der Waals surface area contributed by atoms with Crippen LogP contribution in [0.15, 0.2) is 18.2 Å². The molecule has 0 bridgehead atoms. The van der Waals surface area contributed by atoms with E-state index >= 15 is 0 Å². The summed E-state index contributed by atoms with van der Waals surface area (Å²) in [5.74, 6) is 1.22. The van der Waals surface area contributed by atoms with Gasteiger partial charge in [0.15, 0.2) is 0 Å². The van der Waals surface area contributed by atoms with Crippen LogP contribution in [-0.2, 0) is 6.42 Å². The number of anilines is 1. The van der Waals surface area contributed by atoms with Gasteiger partial charge < -0.3 is 10.6 Å². The number of hydrogen-bond donors (Lipinski definition) is 1. The SMILES string of the molecule is CCC(N)Cc1ccc(N(C)C(C)CCSC)cc1C. The highest BCUT2D eigenvalue weighted by Crippen LogP contribution is 2.22. The van der Waals surface area contributed by atoms with Gasteiger partial charge in [0, 0.05) is 24.8 Å². The van der Waals surface area contributed by atoms with Crippen molar-refractivity contribution in [2.45, 2.75) is 52.1 Å². The van der Waals surface area contributed by atoms with Crippen LogP contribution in [0.5, 0.6) is 0 Å². The molecule has 0 aliphatic carbocycles. The van der Waals surface area contributed by atoms with Crippen molar-refractivity contribution in [2.24, 2.45) is 5.73 Å². The third-order valence-corrected chi connectivity index (χ3v) is 4.78. The molecule has 2 atom stereocenters. The lowest BCUT2D eigenvalue weighted by Crippen LogP contribution is -2.29. The van der Waals surface area contributed by atoms with Crippen LogP contribution >= 0.6 is 11.8 Å². The number of benzene rings is 1. The van der Waals surface area contributed by atoms with Crippen LogP contribution in [0.2, 0.25) is 0 Å². The van der Waals surface area contributed by atoms with Gasteiger partial charge in [0.2, 0.25) is 0 Å². The van der Waals surface area contributed by atoms with Gasteiger partial charge in [0.05, 0.1) is 0 Å². The van der Waals surface area contributed by atoms with E-state index in [4.69, 9.17) is 5.73 Å². The third-order valence-electron chi connectivity index (χ3n) is 4.14. The van der Waals surface area contributed by atoms with Crippen molar-refractivity contribution in [2.75, 3.05) is 24.0 Å². The second-order valence-electron chi connectivity index (χ2n) is 5.72. The molecule has 0 aliphatic rings. The summed E-state index contributed by atoms with van der Waals surface area (Å²) in [7, 11) is 2.19. The summed E-state index contributed by atoms with van der Waals surface area (Å²) < 4.78 is 0. The Morgan fingerprint density at radius 2 is 2.05 bits per heavy atom. The molecular formula is C17H30N2S. The van der Waals surface area contributed by atoms with Gasteiger partial charge in [-0.05, 0) is 68.4 Å². The largest absolute Gasteiger partial charge is 0.372 e. The first-order valence-electron chi connectivity index (χ1n) is 7.56. The Hall–Kier alpha value is -0.670. The summed E-state index contributed by atoms with van der Waals surface area (Å²) >= 11 is 1.92. The summed E-state index contributed by atoms with van der Waals surface area (Å²) in [6.45, 7) is 6.64. The van der Waals surface area contributed by atoms with Gasteiger partial charge in [-0.3, -0.25) is 0 Å². The molecule has 0 aromatic heterocycles. The molecule has 20 heavy (non-hydrogen) atoms. The van der Waals surface area contributed by atoms with E-state index in [0.29, 0.717) is 6.04 Å². The highest BCUT2D eigenvalue weighted by atomic mass is 32.2. The maximum absolute atomic E-state index is 6.06. The van der Waals surface area contributed by atoms with Gasteiger partial charge in [-0.15, -0.1) is 0 Å². The van der Waals surface area contributed by atoms with Crippen LogP contribution in [0, 0.1) is 6.92 Å². The molecule has 0 saturated carbocycles. The quantitative estimate of drug-likeness (QED) is 0.789. The summed E-state index contributed by atoms with van der Waals surface area (Å²) in [6.07, 6.45) is 5.41. The van der Waals surface area contributed by atoms with Crippen LogP contribution < -0.4 is 10.6 Å². The molecule has 114 valence electrons. The molecule has 2 N–H and O–H groups in total. The number of nitrogens with zero attached hydrogens (tertiary/aromatic N) is 1. The molecule has 0 fully saturated rings. The zero-order valence-corrected chi connectivity index (χ0v) is 14.5. The van der Waals surface area contributed by atoms with E-state index in [1.165, 1.54) is 29.0 Å². The van der Waals surface area contributed by atoms with Crippen LogP contribution in [0.25, 0.3) is 0 Å². The van der Waals surface area contributed by atoms with Crippen molar-refractivity contribution in [1.29, 1.82) is 0 Å². The Labute approximate surface area is 129 Å². The van der Waals surface area contributed by atoms with E-state index in [1.807, 2.05) is 11.8 Å². The summed E-state index contributed by atoms with van der Waals surface area (Å²) in [4.78, 5) is 2.38. The zero-order valence-electron chi connectivity index (χ0n) is 13.6. The third kappa shape index (κ3) is 5.02. The van der Waals surface area contributed by atoms with Crippen LogP contribution in [0.3, 0.4) is 0 Å². The molecule has 2 nitrogen and oxygen atoms in total. The van der Waals surface area contributed by atoms with Crippen molar-refractivity contribution in [1.82, 2.24) is 0 Å². The lowest BCUT2D eigenvalue weighted by atomic mass is 9.99. The van der Waals surface area contributed by atoms with E-state index in [1.54, 1.807) is 0 Å². The molecule has 0 saturated heterocycles. The average Bonchev–Trinajstić information content (AvgIpc) is 2.45. The zero-order chi connectivity index (χ0) is 15.1. The topological polar surface area (TPSA) is 29.3 Å². The minimum absolute atomic E-state index is 0.276. The Morgan fingerprint density at radius 3 is 2.60 bits per heavy atom. The van der Waals surface area contributed by atoms with Crippen LogP contribution in [0.4, 0.5) is 5.69 Å². The molecule has 3 heteroatoms. The predicted molar refractivity (Wildman–Crippen MR) is 94.0 cm³/mol. The molecule has 0 spiro atoms. The smallest absolute Gasteiger partial charge is 0.0368 e. The van der Waals surface area contributed by atoms with E-state index < -0.39 is 0 Å². The Bertz CT molecular complexity index is 406. The first kappa shape index (κ1) is 17.4. The van der Waals surface area contributed by atoms with Crippen molar-refractivity contribution in [3.8, 4) is 0 Å². The fourth-order valence-corrected chi connectivity index (χ4v) is 2.87. The minimum atomic E-state index is 0.276. The second-order valence-corrected chi connectivity index (χ2v) is 6.71. The highest BCUT2D eigenvalue weighted by molar-refractivity contribution is 7.98. The lowest BCUT2D eigenvalue weighted by Gasteiger charge is -2.28. The molecule has 2 unspecified atom stereocenters. The number of rotatable bonds is 8. The maximum atomic E-state index is 6.06. The fourth-order valence-electron chi connectivity index (χ4n) is 2.29. The van der Waals surface area contributed by atoms with Gasteiger partial charge in [0.1, 0.15) is 0 Å². The van der Waals surface area contributed by atoms with Crippen molar-refractivity contribution in [3.63, 3.8) is 0 Å². The molecule has 0 radical (unpaired) electrons. The Morgan fingerprint density at radius 1 is 1.35 bits per heavy atom. The maximum Gasteiger partial charge on any atom is 0.0368 e. The van der Waals surface area contributed by atoms with E-state index in [2.05, 4.69) is 57.2 Å². The van der Waals surface area contributed by atoms with Gasteiger partial charge in [-0.25, -0.2) is 0 Å². The van der Waals surface area contributed by atoms with Gasteiger partial charge in [-0.1, -0.05) is 13.0 Å². The molecule has 1 aromatic carbocycles. The minimum Gasteiger partial charge on any atom is -0.372 e. The van der Waals surface area contributed by atoms with Gasteiger partial charge in [0.25, 0.3) is 0 Å². The average molecular weight is 295 g/mol. The molecule has 0 amide bonds. The summed E-state index contributed by atoms with van der Waals surface area (Å²) in [6, 6.07) is 7.63. The van der Waals surface area contributed by atoms with Gasteiger partial charge in [-0.2, -0.15) is 11.8 Å². The Balaban J connectivity index is 2.75. The standard InChI is InChI=1S/C17H30N2S/c1-6-16(18)12-15-7-8-17(11-13(15)2)19(4)14(3)9-10-20-5/h7-8,11,14,16H,6,9-10,12,18H2,1-5H3. The number of nitrogens with two attached hydrogens (primary N) is 1. The molecule has 1 aromatic rings. The van der Waals surface area contributed by atoms with E-state index in [-0.39, 0.29) is 6.04 Å². The van der Waals surface area contributed by atoms with Crippen LogP contribution in [0.1, 0.15) is 37.8 Å². The Kier molecular flexibility index (Phi) is 7.46. The first-order valence-corrected chi connectivity index (χ1v) is 8.95. The van der Waals surface area contributed by atoms with Crippen LogP contribution in [-0.4, -0.2) is 31.1 Å². The monoisotopic (exact) mass is 294 g/mol. The molecule has 1 rings (SSSR count). The molecule has 0 heterocycles.